The summed E-state index contributed by atoms with van der Waals surface area (Å²) in [5, 5.41) is 15.9. The normalized spacial score (nSPS) is 22.8. The van der Waals surface area contributed by atoms with Gasteiger partial charge in [0.05, 0.1) is 5.70 Å². The predicted octanol–water partition coefficient (Wildman–Crippen LogP) is -0.321. The van der Waals surface area contributed by atoms with E-state index in [1.165, 1.54) is 12.1 Å². The van der Waals surface area contributed by atoms with E-state index in [0.29, 0.717) is 6.04 Å². The number of hydrogen-bond donors (Lipinski definition) is 5. The van der Waals surface area contributed by atoms with Crippen LogP contribution >= 0.6 is 0 Å². The Labute approximate surface area is 121 Å². The molecule has 1 saturated heterocycles. The molecule has 0 aromatic heterocycles. The van der Waals surface area contributed by atoms with Crippen molar-refractivity contribution in [2.45, 2.75) is 26.3 Å². The lowest BCUT2D eigenvalue weighted by Gasteiger charge is -2.28. The summed E-state index contributed by atoms with van der Waals surface area (Å²) < 4.78 is 0. The SMILES string of the molecule is CN[C@H]1CCN(C2=CNNC(NCC(C)(C)CO)=C2)C1. The standard InChI is InChI=1S/C14H27N5O/c1-14(2,10-20)9-16-13-6-12(7-17-18-13)19-5-4-11(8-19)15-3/h6-7,11,15-18,20H,4-5,8-10H2,1-3H3/t11-/m0/s1. The molecule has 1 fully saturated rings. The molecule has 0 aliphatic carbocycles. The highest BCUT2D eigenvalue weighted by Crippen LogP contribution is 2.18. The number of likely N-dealkylation sites (tertiary alicyclic amines) is 1. The van der Waals surface area contributed by atoms with Gasteiger partial charge >= 0.3 is 0 Å². The minimum absolute atomic E-state index is 0.130. The molecule has 1 atom stereocenters. The Morgan fingerprint density at radius 1 is 1.50 bits per heavy atom. The van der Waals surface area contributed by atoms with Gasteiger partial charge in [-0.05, 0) is 13.5 Å². The highest BCUT2D eigenvalue weighted by molar-refractivity contribution is 5.24. The summed E-state index contributed by atoms with van der Waals surface area (Å²) in [5.74, 6) is 0.942. The van der Waals surface area contributed by atoms with Crippen molar-refractivity contribution in [2.75, 3.05) is 33.3 Å². The first kappa shape index (κ1) is 15.0. The second kappa shape index (κ2) is 6.37. The molecule has 20 heavy (non-hydrogen) atoms. The van der Waals surface area contributed by atoms with Crippen LogP contribution in [0, 0.1) is 5.41 Å². The highest BCUT2D eigenvalue weighted by Gasteiger charge is 2.23. The molecule has 114 valence electrons. The van der Waals surface area contributed by atoms with Crippen molar-refractivity contribution in [2.24, 2.45) is 5.41 Å². The summed E-state index contributed by atoms with van der Waals surface area (Å²) in [7, 11) is 2.02. The Hall–Kier alpha value is -1.40. The third kappa shape index (κ3) is 3.80. The van der Waals surface area contributed by atoms with Gasteiger partial charge in [0.15, 0.2) is 0 Å². The van der Waals surface area contributed by atoms with Crippen molar-refractivity contribution >= 4 is 0 Å². The number of likely N-dealkylation sites (N-methyl/N-ethyl adjacent to an activating group) is 1. The predicted molar refractivity (Wildman–Crippen MR) is 80.3 cm³/mol. The summed E-state index contributed by atoms with van der Waals surface area (Å²) in [6, 6.07) is 0.573. The van der Waals surface area contributed by atoms with Crippen molar-refractivity contribution in [3.05, 3.63) is 23.8 Å². The molecule has 2 aliphatic heterocycles. The van der Waals surface area contributed by atoms with E-state index >= 15 is 0 Å². The average molecular weight is 281 g/mol. The summed E-state index contributed by atoms with van der Waals surface area (Å²) in [6.07, 6.45) is 5.28. The molecule has 6 nitrogen and oxygen atoms in total. The van der Waals surface area contributed by atoms with E-state index in [-0.39, 0.29) is 12.0 Å². The highest BCUT2D eigenvalue weighted by atomic mass is 16.3. The topological polar surface area (TPSA) is 71.6 Å². The fourth-order valence-electron chi connectivity index (χ4n) is 2.31. The zero-order chi connectivity index (χ0) is 14.6. The van der Waals surface area contributed by atoms with E-state index in [2.05, 4.69) is 32.5 Å². The lowest BCUT2D eigenvalue weighted by Crippen LogP contribution is -2.42. The number of aliphatic hydroxyl groups excluding tert-OH is 1. The van der Waals surface area contributed by atoms with Crippen molar-refractivity contribution in [1.29, 1.82) is 0 Å². The molecule has 0 spiro atoms. The van der Waals surface area contributed by atoms with Gasteiger partial charge in [-0.3, -0.25) is 5.43 Å². The third-order valence-electron chi connectivity index (χ3n) is 3.87. The number of nitrogens with one attached hydrogen (secondary N) is 4. The average Bonchev–Trinajstić information content (AvgIpc) is 2.95. The Balaban J connectivity index is 1.91. The number of aliphatic hydroxyl groups is 1. The third-order valence-corrected chi connectivity index (χ3v) is 3.87. The second-order valence-corrected chi connectivity index (χ2v) is 6.29. The molecule has 0 saturated carbocycles. The molecule has 0 radical (unpaired) electrons. The molecule has 2 aliphatic rings. The monoisotopic (exact) mass is 281 g/mol. The van der Waals surface area contributed by atoms with E-state index in [4.69, 9.17) is 0 Å². The van der Waals surface area contributed by atoms with Crippen molar-refractivity contribution in [3.63, 3.8) is 0 Å². The van der Waals surface area contributed by atoms with Crippen LogP contribution in [0.1, 0.15) is 20.3 Å². The molecule has 0 bridgehead atoms. The Kier molecular flexibility index (Phi) is 4.77. The van der Waals surface area contributed by atoms with Crippen LogP contribution in [0.5, 0.6) is 0 Å². The molecule has 0 aromatic carbocycles. The van der Waals surface area contributed by atoms with Gasteiger partial charge in [-0.15, -0.1) is 0 Å². The van der Waals surface area contributed by atoms with Gasteiger partial charge < -0.3 is 26.1 Å². The van der Waals surface area contributed by atoms with Gasteiger partial charge in [-0.25, -0.2) is 0 Å². The zero-order valence-corrected chi connectivity index (χ0v) is 12.7. The first-order valence-corrected chi connectivity index (χ1v) is 7.24. The van der Waals surface area contributed by atoms with Crippen molar-refractivity contribution < 1.29 is 5.11 Å². The van der Waals surface area contributed by atoms with Crippen LogP contribution in [-0.4, -0.2) is 49.3 Å². The molecule has 2 rings (SSSR count). The fourth-order valence-corrected chi connectivity index (χ4v) is 2.31. The number of rotatable bonds is 6. The van der Waals surface area contributed by atoms with Crippen LogP contribution in [0.2, 0.25) is 0 Å². The van der Waals surface area contributed by atoms with E-state index in [9.17, 15) is 5.11 Å². The van der Waals surface area contributed by atoms with Gasteiger partial charge in [-0.2, -0.15) is 0 Å². The van der Waals surface area contributed by atoms with E-state index in [1.54, 1.807) is 0 Å². The Morgan fingerprint density at radius 3 is 2.95 bits per heavy atom. The number of allylic oxidation sites excluding steroid dienone is 1. The minimum Gasteiger partial charge on any atom is -0.396 e. The van der Waals surface area contributed by atoms with Gasteiger partial charge in [0.2, 0.25) is 0 Å². The van der Waals surface area contributed by atoms with Crippen LogP contribution in [0.3, 0.4) is 0 Å². The van der Waals surface area contributed by atoms with E-state index in [0.717, 1.165) is 25.5 Å². The van der Waals surface area contributed by atoms with Crippen LogP contribution < -0.4 is 21.5 Å². The van der Waals surface area contributed by atoms with E-state index < -0.39 is 0 Å². The fraction of sp³-hybridized carbons (Fsp3) is 0.714. The van der Waals surface area contributed by atoms with Gasteiger partial charge in [-0.1, -0.05) is 13.8 Å². The summed E-state index contributed by atoms with van der Waals surface area (Å²) in [6.45, 7) is 7.06. The molecular formula is C14H27N5O. The van der Waals surface area contributed by atoms with Crippen LogP contribution in [0.15, 0.2) is 23.8 Å². The summed E-state index contributed by atoms with van der Waals surface area (Å²) in [4.78, 5) is 2.37. The Morgan fingerprint density at radius 2 is 2.30 bits per heavy atom. The van der Waals surface area contributed by atoms with Crippen LogP contribution in [-0.2, 0) is 0 Å². The van der Waals surface area contributed by atoms with Gasteiger partial charge in [0.1, 0.15) is 5.82 Å². The van der Waals surface area contributed by atoms with Gasteiger partial charge in [0, 0.05) is 50.0 Å². The quantitative estimate of drug-likeness (QED) is 0.460. The first-order chi connectivity index (χ1) is 9.54. The maximum absolute atomic E-state index is 9.28. The van der Waals surface area contributed by atoms with E-state index in [1.807, 2.05) is 27.1 Å². The molecule has 0 amide bonds. The number of nitrogens with zero attached hydrogens (tertiary/aromatic N) is 1. The molecule has 2 heterocycles. The maximum Gasteiger partial charge on any atom is 0.120 e. The lowest BCUT2D eigenvalue weighted by molar-refractivity contribution is 0.159. The van der Waals surface area contributed by atoms with Crippen molar-refractivity contribution in [3.8, 4) is 0 Å². The zero-order valence-electron chi connectivity index (χ0n) is 12.7. The molecule has 5 N–H and O–H groups in total. The lowest BCUT2D eigenvalue weighted by atomic mass is 9.95. The van der Waals surface area contributed by atoms with Crippen molar-refractivity contribution in [1.82, 2.24) is 26.4 Å². The van der Waals surface area contributed by atoms with Gasteiger partial charge in [0.25, 0.3) is 0 Å². The molecule has 0 aromatic rings. The second-order valence-electron chi connectivity index (χ2n) is 6.29. The van der Waals surface area contributed by atoms with Crippen LogP contribution in [0.25, 0.3) is 0 Å². The van der Waals surface area contributed by atoms with Crippen LogP contribution in [0.4, 0.5) is 0 Å². The molecule has 0 unspecified atom stereocenters. The summed E-state index contributed by atoms with van der Waals surface area (Å²) in [5.41, 5.74) is 7.23. The Bertz CT molecular complexity index is 391. The number of hydrogen-bond acceptors (Lipinski definition) is 6. The largest absolute Gasteiger partial charge is 0.396 e. The first-order valence-electron chi connectivity index (χ1n) is 7.24. The maximum atomic E-state index is 9.28. The number of hydrazine groups is 1. The smallest absolute Gasteiger partial charge is 0.120 e. The summed E-state index contributed by atoms with van der Waals surface area (Å²) >= 11 is 0. The molecule has 6 heteroatoms. The molecular weight excluding hydrogens is 254 g/mol. The minimum atomic E-state index is -0.130.